The average molecular weight is 921 g/mol. The first-order chi connectivity index (χ1) is 28.7. The van der Waals surface area contributed by atoms with Crippen molar-refractivity contribution in [3.63, 3.8) is 0 Å². The largest absolute Gasteiger partial charge is 0.484 e. The molecule has 3 fully saturated rings. The summed E-state index contributed by atoms with van der Waals surface area (Å²) >= 11 is 3.82. The maximum atomic E-state index is 14.8. The zero-order chi connectivity index (χ0) is 44.2. The number of hydrogen-bond donors (Lipinski definition) is 3. The second-order valence-corrected chi connectivity index (χ2v) is 21.2. The number of sulfonamides is 1. The van der Waals surface area contributed by atoms with Gasteiger partial charge in [0.15, 0.2) is 11.3 Å². The second-order valence-electron chi connectivity index (χ2n) is 18.4. The normalized spacial score (nSPS) is 22.1. The standard InChI is InChI=1S/C45H54BrN5O9S/c1-9-14-26-17-20-32-34(35(26)46)36-37(59-32)33(22-30(47-36)25-15-12-11-13-16-25)58-28-21-31(51(24-28)40(53)38(43(3,4)5)48-42(55)60-44(6,7)8)39(52)49-45(23-27(45)10-2)41(54)50-61(56,57)29-18-19-29/h10-13,15-17,20,22,27-29,31,38H,2,9,14,18-19,21,23-24H2,1,3-8H3,(H,48,55)(H,49,52)(H,50,54)/t27-,28-,31+,38-,45-/m1/s1. The number of ether oxygens (including phenoxy) is 2. The summed E-state index contributed by atoms with van der Waals surface area (Å²) in [5.74, 6) is -2.32. The molecule has 5 atom stereocenters. The Morgan fingerprint density at radius 2 is 1.79 bits per heavy atom. The van der Waals surface area contributed by atoms with Crippen molar-refractivity contribution in [1.29, 1.82) is 0 Å². The maximum absolute atomic E-state index is 14.8. The first-order valence-corrected chi connectivity index (χ1v) is 23.1. The number of aromatic nitrogens is 1. The number of amides is 4. The minimum absolute atomic E-state index is 0.0211. The third-order valence-corrected chi connectivity index (χ3v) is 14.1. The highest BCUT2D eigenvalue weighted by Crippen LogP contribution is 2.46. The minimum Gasteiger partial charge on any atom is -0.484 e. The van der Waals surface area contributed by atoms with Crippen molar-refractivity contribution in [3.05, 3.63) is 71.2 Å². The maximum Gasteiger partial charge on any atom is 0.408 e. The van der Waals surface area contributed by atoms with Gasteiger partial charge in [-0.25, -0.2) is 18.2 Å². The number of furan rings is 1. The molecule has 0 radical (unpaired) electrons. The summed E-state index contributed by atoms with van der Waals surface area (Å²) in [6.07, 6.45) is 2.67. The van der Waals surface area contributed by atoms with Gasteiger partial charge >= 0.3 is 6.09 Å². The van der Waals surface area contributed by atoms with E-state index in [1.165, 1.54) is 11.0 Å². The van der Waals surface area contributed by atoms with Gasteiger partial charge in [-0.3, -0.25) is 19.1 Å². The van der Waals surface area contributed by atoms with Crippen LogP contribution in [0.5, 0.6) is 5.75 Å². The average Bonchev–Trinajstić information content (AvgIpc) is 4.09. The third-order valence-electron chi connectivity index (χ3n) is 11.3. The van der Waals surface area contributed by atoms with Gasteiger partial charge in [-0.05, 0) is 79.4 Å². The fraction of sp³-hybridized carbons (Fsp3) is 0.489. The highest BCUT2D eigenvalue weighted by molar-refractivity contribution is 9.10. The lowest BCUT2D eigenvalue weighted by atomic mass is 9.85. The van der Waals surface area contributed by atoms with Gasteiger partial charge in [0.1, 0.15) is 40.4 Å². The molecule has 326 valence electrons. The van der Waals surface area contributed by atoms with E-state index in [4.69, 9.17) is 18.9 Å². The lowest BCUT2D eigenvalue weighted by molar-refractivity contribution is -0.143. The third kappa shape index (κ3) is 9.16. The molecule has 14 nitrogen and oxygen atoms in total. The molecule has 3 N–H and O–H groups in total. The second kappa shape index (κ2) is 16.4. The predicted octanol–water partition coefficient (Wildman–Crippen LogP) is 7.32. The lowest BCUT2D eigenvalue weighted by Gasteiger charge is -2.36. The molecule has 2 aromatic carbocycles. The first-order valence-electron chi connectivity index (χ1n) is 20.7. The van der Waals surface area contributed by atoms with Crippen molar-refractivity contribution in [2.24, 2.45) is 11.3 Å². The number of halogens is 1. The Balaban J connectivity index is 1.27. The number of carbonyl (C=O) groups excluding carboxylic acids is 4. The molecule has 2 saturated carbocycles. The van der Waals surface area contributed by atoms with Crippen molar-refractivity contribution in [2.75, 3.05) is 6.54 Å². The molecule has 61 heavy (non-hydrogen) atoms. The van der Waals surface area contributed by atoms with Crippen LogP contribution in [0, 0.1) is 11.3 Å². The Morgan fingerprint density at radius 1 is 1.08 bits per heavy atom. The zero-order valence-corrected chi connectivity index (χ0v) is 38.0. The lowest BCUT2D eigenvalue weighted by Crippen LogP contribution is -2.60. The minimum atomic E-state index is -3.93. The van der Waals surface area contributed by atoms with Crippen molar-refractivity contribution >= 4 is 71.8 Å². The van der Waals surface area contributed by atoms with Crippen LogP contribution in [0.15, 0.2) is 70.1 Å². The number of fused-ring (bicyclic) bond motifs is 3. The SMILES string of the molecule is C=C[C@@H]1C[C@]1(NC(=O)[C@@H]1C[C@@H](Oc2cc(-c3ccccc3)nc3c2oc2ccc(CCC)c(Br)c23)CN1C(=O)[C@@H](NC(=O)OC(C)(C)C)C(C)(C)C)C(=O)NS(=O)(=O)C1CC1. The van der Waals surface area contributed by atoms with Crippen molar-refractivity contribution in [3.8, 4) is 17.0 Å². The molecule has 1 saturated heterocycles. The van der Waals surface area contributed by atoms with Gasteiger partial charge in [0.05, 0.1) is 22.9 Å². The molecule has 2 aliphatic carbocycles. The van der Waals surface area contributed by atoms with Crippen LogP contribution >= 0.6 is 15.9 Å². The Labute approximate surface area is 364 Å². The summed E-state index contributed by atoms with van der Waals surface area (Å²) in [7, 11) is -3.93. The van der Waals surface area contributed by atoms with E-state index >= 15 is 0 Å². The van der Waals surface area contributed by atoms with Gasteiger partial charge in [-0.2, -0.15) is 0 Å². The number of pyridine rings is 1. The van der Waals surface area contributed by atoms with Gasteiger partial charge < -0.3 is 29.4 Å². The molecule has 0 spiro atoms. The van der Waals surface area contributed by atoms with E-state index in [2.05, 4.69) is 44.8 Å². The molecular weight excluding hydrogens is 866 g/mol. The topological polar surface area (TPSA) is 186 Å². The predicted molar refractivity (Wildman–Crippen MR) is 235 cm³/mol. The van der Waals surface area contributed by atoms with E-state index in [-0.39, 0.29) is 19.4 Å². The van der Waals surface area contributed by atoms with Gasteiger partial charge in [0.25, 0.3) is 5.91 Å². The van der Waals surface area contributed by atoms with Crippen LogP contribution in [-0.2, 0) is 35.6 Å². The van der Waals surface area contributed by atoms with Crippen molar-refractivity contribution in [2.45, 2.75) is 122 Å². The van der Waals surface area contributed by atoms with E-state index in [1.807, 2.05) is 42.5 Å². The van der Waals surface area contributed by atoms with Crippen LogP contribution in [0.4, 0.5) is 4.79 Å². The van der Waals surface area contributed by atoms with Crippen LogP contribution < -0.4 is 20.1 Å². The molecule has 16 heteroatoms. The van der Waals surface area contributed by atoms with Crippen LogP contribution in [0.2, 0.25) is 0 Å². The molecule has 0 unspecified atom stereocenters. The molecule has 4 aromatic rings. The number of aryl methyl sites for hydroxylation is 1. The van der Waals surface area contributed by atoms with E-state index in [9.17, 15) is 27.6 Å². The number of nitrogens with zero attached hydrogens (tertiary/aromatic N) is 2. The number of likely N-dealkylation sites (tertiary alicyclic amines) is 1. The molecule has 3 aliphatic rings. The summed E-state index contributed by atoms with van der Waals surface area (Å²) < 4.78 is 47.5. The number of rotatable bonds is 13. The van der Waals surface area contributed by atoms with E-state index in [1.54, 1.807) is 47.6 Å². The molecule has 0 bridgehead atoms. The molecule has 4 amide bonds. The number of benzene rings is 2. The highest BCUT2D eigenvalue weighted by atomic mass is 79.9. The van der Waals surface area contributed by atoms with Gasteiger partial charge in [-0.1, -0.05) is 76.6 Å². The number of alkyl carbamates (subject to hydrolysis) is 1. The van der Waals surface area contributed by atoms with Gasteiger partial charge in [-0.15, -0.1) is 6.58 Å². The fourth-order valence-electron chi connectivity index (χ4n) is 7.92. The van der Waals surface area contributed by atoms with Crippen LogP contribution in [0.1, 0.15) is 86.1 Å². The zero-order valence-electron chi connectivity index (χ0n) is 35.6. The van der Waals surface area contributed by atoms with Gasteiger partial charge in [0, 0.05) is 28.4 Å². The van der Waals surface area contributed by atoms with Crippen LogP contribution in [-0.4, -0.2) is 83.2 Å². The quantitative estimate of drug-likeness (QED) is 0.115. The molecule has 7 rings (SSSR count). The summed E-state index contributed by atoms with van der Waals surface area (Å²) in [4.78, 5) is 62.7. The van der Waals surface area contributed by atoms with E-state index in [0.29, 0.717) is 41.0 Å². The Bertz CT molecular complexity index is 2510. The Kier molecular flexibility index (Phi) is 11.8. The van der Waals surface area contributed by atoms with E-state index in [0.717, 1.165) is 33.8 Å². The molecule has 2 aromatic heterocycles. The number of nitrogens with one attached hydrogen (secondary N) is 3. The Morgan fingerprint density at radius 3 is 2.39 bits per heavy atom. The summed E-state index contributed by atoms with van der Waals surface area (Å²) in [6, 6.07) is 13.0. The van der Waals surface area contributed by atoms with Crippen LogP contribution in [0.3, 0.4) is 0 Å². The fourth-order valence-corrected chi connectivity index (χ4v) is 9.99. The summed E-state index contributed by atoms with van der Waals surface area (Å²) in [5.41, 5.74) is 0.813. The number of carbonyl (C=O) groups is 4. The Hall–Kier alpha value is -4.96. The highest BCUT2D eigenvalue weighted by Gasteiger charge is 2.62. The summed E-state index contributed by atoms with van der Waals surface area (Å²) in [5, 5.41) is 5.70. The number of hydrogen-bond acceptors (Lipinski definition) is 10. The molecule has 3 heterocycles. The first kappa shape index (κ1) is 44.1. The summed E-state index contributed by atoms with van der Waals surface area (Å²) in [6.45, 7) is 16.3. The van der Waals surface area contributed by atoms with Crippen molar-refractivity contribution < 1.29 is 41.5 Å². The molecule has 1 aliphatic heterocycles. The van der Waals surface area contributed by atoms with E-state index < -0.39 is 79.7 Å². The van der Waals surface area contributed by atoms with Gasteiger partial charge in [0.2, 0.25) is 21.8 Å². The smallest absolute Gasteiger partial charge is 0.408 e. The monoisotopic (exact) mass is 919 g/mol. The van der Waals surface area contributed by atoms with Crippen LogP contribution in [0.25, 0.3) is 33.3 Å². The van der Waals surface area contributed by atoms with Crippen molar-refractivity contribution in [1.82, 2.24) is 25.2 Å². The molecular formula is C45H54BrN5O9S.